The van der Waals surface area contributed by atoms with E-state index in [9.17, 15) is 13.2 Å². The van der Waals surface area contributed by atoms with Crippen LogP contribution in [0.2, 0.25) is 0 Å². The molecular formula is C30H36N4O3S. The van der Waals surface area contributed by atoms with Gasteiger partial charge < -0.3 is 5.32 Å². The van der Waals surface area contributed by atoms with Gasteiger partial charge in [-0.05, 0) is 60.1 Å². The highest BCUT2D eigenvalue weighted by Crippen LogP contribution is 2.22. The van der Waals surface area contributed by atoms with E-state index in [-0.39, 0.29) is 10.9 Å². The Hall–Kier alpha value is -3.20. The first-order valence-electron chi connectivity index (χ1n) is 13.4. The lowest BCUT2D eigenvalue weighted by atomic mass is 10.0. The smallest absolute Gasteiger partial charge is 0.328 e. The van der Waals surface area contributed by atoms with E-state index in [2.05, 4.69) is 56.2 Å². The molecule has 2 amide bonds. The second kappa shape index (κ2) is 12.1. The fourth-order valence-electron chi connectivity index (χ4n) is 5.39. The molecule has 8 heteroatoms. The molecule has 0 spiro atoms. The molecule has 0 aliphatic carbocycles. The van der Waals surface area contributed by atoms with Crippen molar-refractivity contribution in [1.82, 2.24) is 19.8 Å². The molecule has 0 radical (unpaired) electrons. The number of rotatable bonds is 7. The number of hydrogen-bond donors (Lipinski definition) is 2. The van der Waals surface area contributed by atoms with Gasteiger partial charge in [-0.2, -0.15) is 0 Å². The normalized spacial score (nSPS) is 17.4. The summed E-state index contributed by atoms with van der Waals surface area (Å²) in [5, 5.41) is 2.87. The molecule has 1 fully saturated rings. The summed E-state index contributed by atoms with van der Waals surface area (Å²) >= 11 is 0. The maximum atomic E-state index is 13.0. The highest BCUT2D eigenvalue weighted by Gasteiger charge is 2.25. The number of hydrogen-bond acceptors (Lipinski definition) is 5. The molecule has 2 aliphatic rings. The first-order valence-corrected chi connectivity index (χ1v) is 14.9. The zero-order valence-corrected chi connectivity index (χ0v) is 22.5. The fourth-order valence-corrected chi connectivity index (χ4v) is 6.35. The van der Waals surface area contributed by atoms with Crippen molar-refractivity contribution >= 4 is 16.1 Å². The summed E-state index contributed by atoms with van der Waals surface area (Å²) in [5.41, 5.74) is 4.76. The number of sulfonamides is 1. The van der Waals surface area contributed by atoms with E-state index in [1.807, 2.05) is 30.3 Å². The van der Waals surface area contributed by atoms with Crippen molar-refractivity contribution in [2.24, 2.45) is 0 Å². The van der Waals surface area contributed by atoms with E-state index in [1.165, 1.54) is 16.7 Å². The Kier molecular flexibility index (Phi) is 8.42. The molecule has 2 heterocycles. The molecule has 0 bridgehead atoms. The third kappa shape index (κ3) is 7.01. The predicted molar refractivity (Wildman–Crippen MR) is 149 cm³/mol. The van der Waals surface area contributed by atoms with Crippen molar-refractivity contribution in [2.75, 3.05) is 26.2 Å². The van der Waals surface area contributed by atoms with Crippen LogP contribution in [0.1, 0.15) is 35.1 Å². The highest BCUT2D eigenvalue weighted by molar-refractivity contribution is 7.90. The Balaban J connectivity index is 1.12. The molecule has 200 valence electrons. The van der Waals surface area contributed by atoms with Gasteiger partial charge >= 0.3 is 6.03 Å². The van der Waals surface area contributed by atoms with Gasteiger partial charge in [0.1, 0.15) is 0 Å². The number of carbonyl (C=O) groups is 1. The Morgan fingerprint density at radius 2 is 1.29 bits per heavy atom. The topological polar surface area (TPSA) is 81.8 Å². The van der Waals surface area contributed by atoms with Crippen LogP contribution in [0.25, 0.3) is 0 Å². The molecule has 1 saturated heterocycles. The van der Waals surface area contributed by atoms with Crippen molar-refractivity contribution in [1.29, 1.82) is 0 Å². The van der Waals surface area contributed by atoms with Crippen LogP contribution in [-0.2, 0) is 36.0 Å². The summed E-state index contributed by atoms with van der Waals surface area (Å²) in [6, 6.07) is 25.3. The van der Waals surface area contributed by atoms with Gasteiger partial charge in [0, 0.05) is 45.3 Å². The van der Waals surface area contributed by atoms with E-state index in [0.29, 0.717) is 0 Å². The lowest BCUT2D eigenvalue weighted by molar-refractivity contribution is 0.188. The third-order valence-corrected chi connectivity index (χ3v) is 8.86. The van der Waals surface area contributed by atoms with Gasteiger partial charge in [0.15, 0.2) is 0 Å². The average molecular weight is 533 g/mol. The van der Waals surface area contributed by atoms with E-state index in [0.717, 1.165) is 70.5 Å². The van der Waals surface area contributed by atoms with Crippen molar-refractivity contribution in [3.05, 3.63) is 101 Å². The Morgan fingerprint density at radius 3 is 1.89 bits per heavy atom. The second-order valence-electron chi connectivity index (χ2n) is 10.3. The number of likely N-dealkylation sites (tertiary alicyclic amines) is 1. The summed E-state index contributed by atoms with van der Waals surface area (Å²) in [6.45, 7) is 5.28. The van der Waals surface area contributed by atoms with Crippen LogP contribution < -0.4 is 10.0 Å². The summed E-state index contributed by atoms with van der Waals surface area (Å²) < 4.78 is 28.3. The van der Waals surface area contributed by atoms with Crippen LogP contribution >= 0.6 is 0 Å². The molecule has 0 aromatic heterocycles. The number of benzene rings is 3. The number of urea groups is 1. The number of fused-ring (bicyclic) bond motifs is 1. The van der Waals surface area contributed by atoms with Gasteiger partial charge in [-0.25, -0.2) is 17.9 Å². The third-order valence-electron chi connectivity index (χ3n) is 7.53. The molecule has 2 N–H and O–H groups in total. The SMILES string of the molecule is O=C(NC1CCN(Cc2ccccc2)CC1)NS(=O)(=O)c1ccc2c(c1)CCN(Cc1ccccc1)CC2. The number of nitrogens with one attached hydrogen (secondary N) is 2. The zero-order valence-electron chi connectivity index (χ0n) is 21.7. The molecule has 38 heavy (non-hydrogen) atoms. The quantitative estimate of drug-likeness (QED) is 0.482. The van der Waals surface area contributed by atoms with Gasteiger partial charge in [-0.3, -0.25) is 9.80 Å². The van der Waals surface area contributed by atoms with Crippen LogP contribution in [-0.4, -0.2) is 56.5 Å². The Labute approximate surface area is 225 Å². The largest absolute Gasteiger partial charge is 0.334 e. The summed E-state index contributed by atoms with van der Waals surface area (Å²) in [5.74, 6) is 0. The van der Waals surface area contributed by atoms with Crippen LogP contribution in [0.3, 0.4) is 0 Å². The molecule has 3 aromatic rings. The predicted octanol–water partition coefficient (Wildman–Crippen LogP) is 3.94. The van der Waals surface area contributed by atoms with E-state index in [4.69, 9.17) is 0 Å². The van der Waals surface area contributed by atoms with Crippen LogP contribution in [0.4, 0.5) is 4.79 Å². The van der Waals surface area contributed by atoms with Gasteiger partial charge in [-0.1, -0.05) is 66.7 Å². The minimum Gasteiger partial charge on any atom is -0.334 e. The maximum Gasteiger partial charge on any atom is 0.328 e. The minimum absolute atomic E-state index is 0.0418. The fraction of sp³-hybridized carbons (Fsp3) is 0.367. The van der Waals surface area contributed by atoms with Gasteiger partial charge in [0.25, 0.3) is 10.0 Å². The second-order valence-corrected chi connectivity index (χ2v) is 12.0. The average Bonchev–Trinajstić information content (AvgIpc) is 3.12. The molecule has 0 saturated carbocycles. The van der Waals surface area contributed by atoms with Crippen molar-refractivity contribution in [3.63, 3.8) is 0 Å². The number of carbonyl (C=O) groups excluding carboxylic acids is 1. The van der Waals surface area contributed by atoms with Crippen LogP contribution in [0, 0.1) is 0 Å². The van der Waals surface area contributed by atoms with Gasteiger partial charge in [0.05, 0.1) is 4.90 Å². The van der Waals surface area contributed by atoms with Crippen molar-refractivity contribution in [2.45, 2.75) is 49.7 Å². The lowest BCUT2D eigenvalue weighted by Crippen LogP contribution is -2.48. The van der Waals surface area contributed by atoms with Gasteiger partial charge in [-0.15, -0.1) is 0 Å². The molecule has 0 atom stereocenters. The van der Waals surface area contributed by atoms with Crippen LogP contribution in [0.5, 0.6) is 0 Å². The minimum atomic E-state index is -3.96. The molecule has 7 nitrogen and oxygen atoms in total. The molecule has 3 aromatic carbocycles. The maximum absolute atomic E-state index is 13.0. The summed E-state index contributed by atoms with van der Waals surface area (Å²) in [4.78, 5) is 17.5. The van der Waals surface area contributed by atoms with E-state index in [1.54, 1.807) is 12.1 Å². The summed E-state index contributed by atoms with van der Waals surface area (Å²) in [6.07, 6.45) is 3.23. The first kappa shape index (κ1) is 26.4. The van der Waals surface area contributed by atoms with Crippen molar-refractivity contribution < 1.29 is 13.2 Å². The first-order chi connectivity index (χ1) is 18.4. The standard InChI is InChI=1S/C30H36N4O3S/c35-30(31-28-15-19-34(20-16-28)23-25-9-5-2-6-10-25)32-38(36,37)29-12-11-26-13-17-33(18-14-27(26)21-29)22-24-7-3-1-4-8-24/h1-12,21,28H,13-20,22-23H2,(H2,31,32,35). The number of piperidine rings is 1. The molecular weight excluding hydrogens is 496 g/mol. The van der Waals surface area contributed by atoms with Crippen LogP contribution in [0.15, 0.2) is 83.8 Å². The lowest BCUT2D eigenvalue weighted by Gasteiger charge is -2.32. The van der Waals surface area contributed by atoms with E-state index < -0.39 is 16.1 Å². The molecule has 5 rings (SSSR count). The van der Waals surface area contributed by atoms with Crippen molar-refractivity contribution in [3.8, 4) is 0 Å². The highest BCUT2D eigenvalue weighted by atomic mass is 32.2. The monoisotopic (exact) mass is 532 g/mol. The molecule has 2 aliphatic heterocycles. The zero-order chi connectivity index (χ0) is 26.4. The number of amides is 2. The summed E-state index contributed by atoms with van der Waals surface area (Å²) in [7, 11) is -3.96. The van der Waals surface area contributed by atoms with Gasteiger partial charge in [0.2, 0.25) is 0 Å². The Morgan fingerprint density at radius 1 is 0.737 bits per heavy atom. The Bertz CT molecular complexity index is 1320. The molecule has 0 unspecified atom stereocenters. The number of nitrogens with zero attached hydrogens (tertiary/aromatic N) is 2. The van der Waals surface area contributed by atoms with E-state index >= 15 is 0 Å².